The predicted octanol–water partition coefficient (Wildman–Crippen LogP) is 1.94. The lowest BCUT2D eigenvalue weighted by Gasteiger charge is -2.13. The Morgan fingerprint density at radius 3 is 2.69 bits per heavy atom. The monoisotopic (exact) mass is 529 g/mol. The van der Waals surface area contributed by atoms with E-state index in [1.807, 2.05) is 18.5 Å². The maximum atomic E-state index is 4.68. The van der Waals surface area contributed by atoms with E-state index < -0.39 is 0 Å². The fourth-order valence-corrected chi connectivity index (χ4v) is 3.41. The Hall–Kier alpha value is -2.02. The molecule has 0 aromatic carbocycles. The van der Waals surface area contributed by atoms with E-state index in [-0.39, 0.29) is 24.0 Å². The molecule has 158 valence electrons. The zero-order chi connectivity index (χ0) is 19.8. The summed E-state index contributed by atoms with van der Waals surface area (Å²) >= 11 is 1.77. The lowest BCUT2D eigenvalue weighted by Crippen LogP contribution is -2.40. The molecule has 11 heteroatoms. The summed E-state index contributed by atoms with van der Waals surface area (Å²) in [6.45, 7) is 6.81. The van der Waals surface area contributed by atoms with Crippen molar-refractivity contribution >= 4 is 41.3 Å². The van der Waals surface area contributed by atoms with Crippen LogP contribution in [0.1, 0.15) is 29.3 Å². The van der Waals surface area contributed by atoms with Crippen LogP contribution in [-0.4, -0.2) is 48.6 Å². The lowest BCUT2D eigenvalue weighted by molar-refractivity contribution is 0.630. The van der Waals surface area contributed by atoms with Gasteiger partial charge in [-0.15, -0.1) is 55.7 Å². The molecule has 0 saturated carbocycles. The highest BCUT2D eigenvalue weighted by molar-refractivity contribution is 14.0. The number of halogens is 1. The molecule has 3 aromatic rings. The van der Waals surface area contributed by atoms with Crippen molar-refractivity contribution in [2.75, 3.05) is 13.1 Å². The van der Waals surface area contributed by atoms with Gasteiger partial charge >= 0.3 is 0 Å². The highest BCUT2D eigenvalue weighted by Crippen LogP contribution is 2.08. The normalized spacial score (nSPS) is 11.3. The second-order valence-electron chi connectivity index (χ2n) is 6.36. The van der Waals surface area contributed by atoms with E-state index in [1.165, 1.54) is 4.88 Å². The average Bonchev–Trinajstić information content (AvgIpc) is 3.43. The van der Waals surface area contributed by atoms with E-state index in [0.29, 0.717) is 6.54 Å². The minimum atomic E-state index is 0. The van der Waals surface area contributed by atoms with Crippen LogP contribution < -0.4 is 10.6 Å². The zero-order valence-corrected chi connectivity index (χ0v) is 20.1. The van der Waals surface area contributed by atoms with Gasteiger partial charge in [0.05, 0.1) is 0 Å². The van der Waals surface area contributed by atoms with E-state index >= 15 is 0 Å². The molecule has 0 atom stereocenters. The first-order chi connectivity index (χ1) is 13.7. The minimum absolute atomic E-state index is 0. The first-order valence-corrected chi connectivity index (χ1v) is 10.3. The Kier molecular flexibility index (Phi) is 9.51. The summed E-state index contributed by atoms with van der Waals surface area (Å²) in [5.41, 5.74) is 0. The van der Waals surface area contributed by atoms with E-state index in [9.17, 15) is 0 Å². The summed E-state index contributed by atoms with van der Waals surface area (Å²) in [7, 11) is 1.95. The molecule has 2 N–H and O–H groups in total. The van der Waals surface area contributed by atoms with E-state index in [4.69, 9.17) is 0 Å². The summed E-state index contributed by atoms with van der Waals surface area (Å²) in [5, 5.41) is 25.3. The number of nitrogens with zero attached hydrogens (tertiary/aromatic N) is 7. The van der Waals surface area contributed by atoms with E-state index in [2.05, 4.69) is 65.0 Å². The number of hydrogen-bond acceptors (Lipinski definition) is 6. The fraction of sp³-hybridized carbons (Fsp3) is 0.500. The van der Waals surface area contributed by atoms with Crippen molar-refractivity contribution in [1.82, 2.24) is 40.2 Å². The molecule has 0 aliphatic heterocycles. The van der Waals surface area contributed by atoms with Crippen molar-refractivity contribution in [2.24, 2.45) is 12.0 Å². The smallest absolute Gasteiger partial charge is 0.191 e. The Balaban J connectivity index is 0.00000300. The van der Waals surface area contributed by atoms with Gasteiger partial charge in [-0.3, -0.25) is 0 Å². The first kappa shape index (κ1) is 23.3. The van der Waals surface area contributed by atoms with Crippen LogP contribution in [0.5, 0.6) is 0 Å². The number of thiophene rings is 1. The molecule has 0 aliphatic carbocycles. The lowest BCUT2D eigenvalue weighted by atomic mass is 10.3. The molecule has 3 rings (SSSR count). The summed E-state index contributed by atoms with van der Waals surface area (Å²) in [4.78, 5) is 6.04. The van der Waals surface area contributed by atoms with Gasteiger partial charge < -0.3 is 19.8 Å². The SMILES string of the molecule is CCc1nncn1CCNC(=NCc1nnc(C)n1C)NCCc1cccs1.I. The molecule has 0 spiro atoms. The van der Waals surface area contributed by atoms with Gasteiger partial charge in [-0.05, 0) is 24.8 Å². The Morgan fingerprint density at radius 2 is 2.00 bits per heavy atom. The van der Waals surface area contributed by atoms with E-state index in [1.54, 1.807) is 17.7 Å². The zero-order valence-electron chi connectivity index (χ0n) is 17.0. The summed E-state index contributed by atoms with van der Waals surface area (Å²) < 4.78 is 4.01. The highest BCUT2D eigenvalue weighted by atomic mass is 127. The van der Waals surface area contributed by atoms with Crippen LogP contribution in [0.2, 0.25) is 0 Å². The van der Waals surface area contributed by atoms with Gasteiger partial charge in [0.15, 0.2) is 11.8 Å². The minimum Gasteiger partial charge on any atom is -0.356 e. The van der Waals surface area contributed by atoms with Gasteiger partial charge in [0.1, 0.15) is 24.5 Å². The summed E-state index contributed by atoms with van der Waals surface area (Å²) in [6, 6.07) is 4.23. The Labute approximate surface area is 192 Å². The summed E-state index contributed by atoms with van der Waals surface area (Å²) in [6.07, 6.45) is 3.60. The van der Waals surface area contributed by atoms with Crippen molar-refractivity contribution in [2.45, 2.75) is 39.8 Å². The Morgan fingerprint density at radius 1 is 1.17 bits per heavy atom. The van der Waals surface area contributed by atoms with Crippen LogP contribution in [0.25, 0.3) is 0 Å². The van der Waals surface area contributed by atoms with Gasteiger partial charge in [-0.1, -0.05) is 13.0 Å². The van der Waals surface area contributed by atoms with Gasteiger partial charge in [-0.2, -0.15) is 0 Å². The van der Waals surface area contributed by atoms with Crippen LogP contribution >= 0.6 is 35.3 Å². The number of nitrogens with one attached hydrogen (secondary N) is 2. The molecule has 0 aliphatic rings. The first-order valence-electron chi connectivity index (χ1n) is 9.43. The average molecular weight is 529 g/mol. The number of aliphatic imine (C=N–C) groups is 1. The van der Waals surface area contributed by atoms with Crippen LogP contribution in [0.4, 0.5) is 0 Å². The molecule has 9 nitrogen and oxygen atoms in total. The molecule has 0 amide bonds. The maximum absolute atomic E-state index is 4.68. The molecule has 0 radical (unpaired) electrons. The van der Waals surface area contributed by atoms with E-state index in [0.717, 1.165) is 55.9 Å². The maximum Gasteiger partial charge on any atom is 0.191 e. The fourth-order valence-electron chi connectivity index (χ4n) is 2.71. The number of aromatic nitrogens is 6. The molecule has 0 unspecified atom stereocenters. The van der Waals surface area contributed by atoms with Crippen LogP contribution in [-0.2, 0) is 33.0 Å². The molecule has 29 heavy (non-hydrogen) atoms. The second-order valence-corrected chi connectivity index (χ2v) is 7.40. The van der Waals surface area contributed by atoms with Crippen molar-refractivity contribution < 1.29 is 0 Å². The topological polar surface area (TPSA) is 97.8 Å². The third-order valence-corrected chi connectivity index (χ3v) is 5.40. The molecular weight excluding hydrogens is 501 g/mol. The molecule has 0 saturated heterocycles. The third-order valence-electron chi connectivity index (χ3n) is 4.46. The number of aryl methyl sites for hydroxylation is 2. The van der Waals surface area contributed by atoms with Gasteiger partial charge in [0, 0.05) is 38.0 Å². The van der Waals surface area contributed by atoms with Crippen molar-refractivity contribution in [3.05, 3.63) is 46.2 Å². The summed E-state index contributed by atoms with van der Waals surface area (Å²) in [5.74, 6) is 3.47. The molecule has 3 aromatic heterocycles. The third kappa shape index (κ3) is 6.77. The largest absolute Gasteiger partial charge is 0.356 e. The number of hydrogen-bond donors (Lipinski definition) is 2. The van der Waals surface area contributed by atoms with Crippen LogP contribution in [0, 0.1) is 6.92 Å². The van der Waals surface area contributed by atoms with Crippen molar-refractivity contribution in [3.8, 4) is 0 Å². The second kappa shape index (κ2) is 11.9. The highest BCUT2D eigenvalue weighted by Gasteiger charge is 2.06. The van der Waals surface area contributed by atoms with Crippen LogP contribution in [0.15, 0.2) is 28.8 Å². The molecular formula is C18H28IN9S. The van der Waals surface area contributed by atoms with Gasteiger partial charge in [-0.25, -0.2) is 4.99 Å². The quantitative estimate of drug-likeness (QED) is 0.250. The van der Waals surface area contributed by atoms with Gasteiger partial charge in [0.2, 0.25) is 0 Å². The molecule has 0 bridgehead atoms. The predicted molar refractivity (Wildman–Crippen MR) is 126 cm³/mol. The van der Waals surface area contributed by atoms with Gasteiger partial charge in [0.25, 0.3) is 0 Å². The standard InChI is InChI=1S/C18H27N9S.HI/c1-4-16-24-22-13-27(16)10-9-20-18(19-8-7-15-6-5-11-28-15)21-12-17-25-23-14(2)26(17)3;/h5-6,11,13H,4,7-10,12H2,1-3H3,(H2,19,20,21);1H. The number of rotatable bonds is 9. The van der Waals surface area contributed by atoms with Crippen molar-refractivity contribution in [3.63, 3.8) is 0 Å². The molecule has 3 heterocycles. The number of guanidine groups is 1. The molecule has 0 fully saturated rings. The van der Waals surface area contributed by atoms with Crippen molar-refractivity contribution in [1.29, 1.82) is 0 Å². The Bertz CT molecular complexity index is 885. The van der Waals surface area contributed by atoms with Crippen LogP contribution in [0.3, 0.4) is 0 Å².